The summed E-state index contributed by atoms with van der Waals surface area (Å²) in [5, 5.41) is 4.34. The van der Waals surface area contributed by atoms with Crippen molar-refractivity contribution in [2.45, 2.75) is 64.3 Å². The molecular formula is C36H46ClN4NaO9S2. The van der Waals surface area contributed by atoms with Gasteiger partial charge in [0.1, 0.15) is 12.4 Å². The number of carbonyl (C=O) groups is 3. The second-order valence-corrected chi connectivity index (χ2v) is 15.6. The molecule has 3 aromatic rings. The quantitative estimate of drug-likeness (QED) is 0.0666. The van der Waals surface area contributed by atoms with E-state index in [1.54, 1.807) is 18.3 Å². The molecule has 2 aromatic carbocycles. The van der Waals surface area contributed by atoms with E-state index in [-0.39, 0.29) is 73.3 Å². The van der Waals surface area contributed by atoms with Crippen LogP contribution in [0.1, 0.15) is 60.0 Å². The van der Waals surface area contributed by atoms with Crippen LogP contribution in [0.5, 0.6) is 5.75 Å². The minimum atomic E-state index is -4.13. The number of unbranched alkanes of at least 4 members (excludes halogenated alkanes) is 3. The maximum absolute atomic E-state index is 13.5. The third-order valence-electron chi connectivity index (χ3n) is 9.07. The van der Waals surface area contributed by atoms with Crippen molar-refractivity contribution >= 4 is 92.2 Å². The number of esters is 1. The van der Waals surface area contributed by atoms with Crippen LogP contribution in [0.25, 0.3) is 10.9 Å². The molecule has 0 spiro atoms. The van der Waals surface area contributed by atoms with Crippen molar-refractivity contribution in [1.29, 1.82) is 0 Å². The Labute approximate surface area is 342 Å². The number of morpholine rings is 1. The zero-order chi connectivity index (χ0) is 37.3. The summed E-state index contributed by atoms with van der Waals surface area (Å²) in [4.78, 5) is 41.9. The third-order valence-corrected chi connectivity index (χ3v) is 10.5. The number of pyridine rings is 1. The summed E-state index contributed by atoms with van der Waals surface area (Å²) in [5.74, 6) is -0.734. The SMILES string of the molecule is CN(CCS(=O)(=O)O)C(=O)CCCCCCC(=O)OCC1Cn2cc(C(=O)NCc3ccc(Cl)cc3)c(=S)c3cc(CN4CCOCC4)cc(c32)O1.[NaH]. The van der Waals surface area contributed by atoms with Crippen LogP contribution in [-0.4, -0.2) is 133 Å². The zero-order valence-corrected chi connectivity index (χ0v) is 31.6. The van der Waals surface area contributed by atoms with Gasteiger partial charge in [-0.05, 0) is 48.2 Å². The van der Waals surface area contributed by atoms with Crippen LogP contribution in [0.3, 0.4) is 0 Å². The Balaban J connectivity index is 0.00000627. The maximum atomic E-state index is 13.5. The number of hydrogen-bond acceptors (Lipinski definition) is 10. The molecule has 2 aliphatic heterocycles. The molecule has 0 bridgehead atoms. The Bertz CT molecular complexity index is 1920. The summed E-state index contributed by atoms with van der Waals surface area (Å²) >= 11 is 11.9. The molecule has 284 valence electrons. The molecule has 53 heavy (non-hydrogen) atoms. The number of nitrogens with zero attached hydrogens (tertiary/aromatic N) is 3. The van der Waals surface area contributed by atoms with Crippen molar-refractivity contribution in [3.63, 3.8) is 0 Å². The summed E-state index contributed by atoms with van der Waals surface area (Å²) in [6.07, 6.45) is 4.37. The summed E-state index contributed by atoms with van der Waals surface area (Å²) in [6.45, 7) is 4.20. The fraction of sp³-hybridized carbons (Fsp3) is 0.500. The summed E-state index contributed by atoms with van der Waals surface area (Å²) in [6, 6.07) is 11.3. The minimum absolute atomic E-state index is 0. The van der Waals surface area contributed by atoms with Gasteiger partial charge in [0.2, 0.25) is 5.91 Å². The molecule has 3 heterocycles. The number of hydrogen-bond donors (Lipinski definition) is 2. The van der Waals surface area contributed by atoms with Crippen LogP contribution in [-0.2, 0) is 48.8 Å². The Morgan fingerprint density at radius 1 is 1.06 bits per heavy atom. The van der Waals surface area contributed by atoms with Crippen LogP contribution in [0.4, 0.5) is 0 Å². The van der Waals surface area contributed by atoms with Crippen LogP contribution >= 0.6 is 23.8 Å². The summed E-state index contributed by atoms with van der Waals surface area (Å²) in [7, 11) is -2.63. The Morgan fingerprint density at radius 2 is 1.75 bits per heavy atom. The van der Waals surface area contributed by atoms with Crippen molar-refractivity contribution in [3.05, 3.63) is 68.8 Å². The standard InChI is InChI=1S/C36H45ClN4O9S2.Na.H/c1-39(14-17-52(45,46)47)32(42)6-4-2-3-5-7-33(43)49-24-28-22-41-23-30(36(44)38-20-25-8-10-27(37)11-9-25)35(51)29-18-26(19-31(50-28)34(29)41)21-40-12-15-48-16-13-40;;/h8-11,18-19,23,28H,2-7,12-17,20-22,24H2,1H3,(H,38,44)(H,45,46,47);;. The molecule has 1 fully saturated rings. The molecule has 2 amide bonds. The van der Waals surface area contributed by atoms with Gasteiger partial charge in [0.25, 0.3) is 16.0 Å². The molecule has 0 aliphatic carbocycles. The molecule has 1 aromatic heterocycles. The van der Waals surface area contributed by atoms with E-state index in [1.807, 2.05) is 28.8 Å². The van der Waals surface area contributed by atoms with Crippen LogP contribution < -0.4 is 10.1 Å². The van der Waals surface area contributed by atoms with E-state index in [9.17, 15) is 22.8 Å². The normalized spacial score (nSPS) is 15.6. The third kappa shape index (κ3) is 13.0. The molecule has 1 atom stereocenters. The molecule has 2 aliphatic rings. The molecule has 0 radical (unpaired) electrons. The van der Waals surface area contributed by atoms with E-state index in [0.29, 0.717) is 66.5 Å². The number of rotatable bonds is 17. The van der Waals surface area contributed by atoms with Crippen LogP contribution in [0.15, 0.2) is 42.6 Å². The van der Waals surface area contributed by atoms with Gasteiger partial charge in [-0.2, -0.15) is 8.42 Å². The predicted molar refractivity (Wildman–Crippen MR) is 206 cm³/mol. The second kappa shape index (κ2) is 20.4. The molecule has 0 saturated carbocycles. The molecule has 13 nitrogen and oxygen atoms in total. The Hall–Kier alpha value is -2.60. The number of nitrogens with one attached hydrogen (secondary N) is 1. The van der Waals surface area contributed by atoms with Crippen molar-refractivity contribution in [3.8, 4) is 5.75 Å². The second-order valence-electron chi connectivity index (χ2n) is 13.2. The molecule has 5 rings (SSSR count). The van der Waals surface area contributed by atoms with Crippen molar-refractivity contribution < 1.29 is 41.6 Å². The Morgan fingerprint density at radius 3 is 2.45 bits per heavy atom. The van der Waals surface area contributed by atoms with Gasteiger partial charge in [-0.15, -0.1) is 0 Å². The van der Waals surface area contributed by atoms with Gasteiger partial charge in [0.15, 0.2) is 6.10 Å². The summed E-state index contributed by atoms with van der Waals surface area (Å²) < 4.78 is 50.6. The Kier molecular flexibility index (Phi) is 16.6. The fourth-order valence-corrected chi connectivity index (χ4v) is 7.12. The molecule has 2 N–H and O–H groups in total. The van der Waals surface area contributed by atoms with Gasteiger partial charge in [0.05, 0.1) is 41.1 Å². The zero-order valence-electron chi connectivity index (χ0n) is 29.2. The fourth-order valence-electron chi connectivity index (χ4n) is 6.19. The van der Waals surface area contributed by atoms with Gasteiger partial charge in [-0.25, -0.2) is 0 Å². The average molecular weight is 801 g/mol. The number of amides is 2. The number of benzene rings is 2. The first-order chi connectivity index (χ1) is 24.9. The van der Waals surface area contributed by atoms with E-state index in [4.69, 9.17) is 42.6 Å². The predicted octanol–water partition coefficient (Wildman–Crippen LogP) is 4.13. The number of ether oxygens (including phenoxy) is 3. The first-order valence-corrected chi connectivity index (χ1v) is 19.8. The van der Waals surface area contributed by atoms with Gasteiger partial charge >= 0.3 is 35.5 Å². The van der Waals surface area contributed by atoms with Gasteiger partial charge < -0.3 is 29.0 Å². The van der Waals surface area contributed by atoms with Crippen molar-refractivity contribution in [2.75, 3.05) is 52.3 Å². The van der Waals surface area contributed by atoms with E-state index < -0.39 is 22.0 Å². The summed E-state index contributed by atoms with van der Waals surface area (Å²) in [5.41, 5.74) is 3.05. The first kappa shape index (κ1) is 43.1. The van der Waals surface area contributed by atoms with Gasteiger partial charge in [-0.3, -0.25) is 23.8 Å². The average Bonchev–Trinajstić information content (AvgIpc) is 3.12. The molecular weight excluding hydrogens is 755 g/mol. The number of aromatic nitrogens is 1. The molecule has 1 unspecified atom stereocenters. The van der Waals surface area contributed by atoms with Crippen molar-refractivity contribution in [1.82, 2.24) is 19.7 Å². The topological polar surface area (TPSA) is 157 Å². The monoisotopic (exact) mass is 800 g/mol. The molecule has 1 saturated heterocycles. The number of halogens is 1. The van der Waals surface area contributed by atoms with Crippen molar-refractivity contribution in [2.24, 2.45) is 0 Å². The van der Waals surface area contributed by atoms with Gasteiger partial charge in [0, 0.05) is 69.2 Å². The van der Waals surface area contributed by atoms with E-state index in [2.05, 4.69) is 10.2 Å². The van der Waals surface area contributed by atoms with Crippen LogP contribution in [0, 0.1) is 4.51 Å². The molecule has 17 heteroatoms. The van der Waals surface area contributed by atoms with Gasteiger partial charge in [-0.1, -0.05) is 48.8 Å². The number of carbonyl (C=O) groups excluding carboxylic acids is 3. The van der Waals surface area contributed by atoms with E-state index in [0.717, 1.165) is 48.0 Å². The van der Waals surface area contributed by atoms with E-state index in [1.165, 1.54) is 11.9 Å². The van der Waals surface area contributed by atoms with E-state index >= 15 is 0 Å². The first-order valence-electron chi connectivity index (χ1n) is 17.4. The van der Waals surface area contributed by atoms with Crippen LogP contribution in [0.2, 0.25) is 5.02 Å².